The molecule has 0 atom stereocenters. The van der Waals surface area contributed by atoms with Crippen molar-refractivity contribution in [1.82, 2.24) is 10.1 Å². The molecule has 1 N–H and O–H groups in total. The molecular weight excluding hydrogens is 330 g/mol. The molecule has 2 aromatic carbocycles. The van der Waals surface area contributed by atoms with Crippen LogP contribution in [0.15, 0.2) is 63.6 Å². The van der Waals surface area contributed by atoms with Gasteiger partial charge in [-0.1, -0.05) is 51.4 Å². The van der Waals surface area contributed by atoms with E-state index < -0.39 is 0 Å². The summed E-state index contributed by atoms with van der Waals surface area (Å²) in [7, 11) is 0. The third-order valence-electron chi connectivity index (χ3n) is 3.00. The lowest BCUT2D eigenvalue weighted by molar-refractivity contribution is 0.378. The number of halogens is 1. The van der Waals surface area contributed by atoms with Crippen LogP contribution in [0, 0.1) is 0 Å². The number of nitrogens with zero attached hydrogens (tertiary/aromatic N) is 2. The van der Waals surface area contributed by atoms with E-state index in [1.165, 1.54) is 0 Å². The van der Waals surface area contributed by atoms with Crippen molar-refractivity contribution in [2.24, 2.45) is 0 Å². The van der Waals surface area contributed by atoms with E-state index in [-0.39, 0.29) is 0 Å². The standard InChI is InChI=1S/C16H14BrN3O/c17-13-8-6-12(7-9-13)10-15-19-16(21-20-15)11-18-14-4-2-1-3-5-14/h1-9,18H,10-11H2. The molecule has 0 amide bonds. The zero-order valence-corrected chi connectivity index (χ0v) is 12.9. The van der Waals surface area contributed by atoms with Gasteiger partial charge in [-0.25, -0.2) is 0 Å². The van der Waals surface area contributed by atoms with Crippen molar-refractivity contribution >= 4 is 21.6 Å². The van der Waals surface area contributed by atoms with Gasteiger partial charge in [0.05, 0.1) is 6.54 Å². The Balaban J connectivity index is 1.59. The van der Waals surface area contributed by atoms with Crippen LogP contribution >= 0.6 is 15.9 Å². The van der Waals surface area contributed by atoms with Gasteiger partial charge in [-0.15, -0.1) is 0 Å². The van der Waals surface area contributed by atoms with Gasteiger partial charge in [-0.2, -0.15) is 4.98 Å². The molecule has 21 heavy (non-hydrogen) atoms. The molecular formula is C16H14BrN3O. The third-order valence-corrected chi connectivity index (χ3v) is 3.53. The molecule has 106 valence electrons. The quantitative estimate of drug-likeness (QED) is 0.759. The average molecular weight is 344 g/mol. The average Bonchev–Trinajstić information content (AvgIpc) is 2.96. The van der Waals surface area contributed by atoms with Crippen LogP contribution in [-0.4, -0.2) is 10.1 Å². The van der Waals surface area contributed by atoms with Gasteiger partial charge < -0.3 is 9.84 Å². The second-order valence-electron chi connectivity index (χ2n) is 4.63. The Kier molecular flexibility index (Phi) is 4.31. The molecule has 3 aromatic rings. The Bertz CT molecular complexity index is 695. The smallest absolute Gasteiger partial charge is 0.245 e. The minimum absolute atomic E-state index is 0.525. The predicted molar refractivity (Wildman–Crippen MR) is 85.0 cm³/mol. The summed E-state index contributed by atoms with van der Waals surface area (Å²) in [6.45, 7) is 0.525. The third kappa shape index (κ3) is 3.92. The van der Waals surface area contributed by atoms with E-state index in [4.69, 9.17) is 4.52 Å². The Labute approximate surface area is 131 Å². The van der Waals surface area contributed by atoms with Crippen LogP contribution in [0.2, 0.25) is 0 Å². The molecule has 1 heterocycles. The highest BCUT2D eigenvalue weighted by molar-refractivity contribution is 9.10. The van der Waals surface area contributed by atoms with Gasteiger partial charge >= 0.3 is 0 Å². The molecule has 0 aliphatic carbocycles. The van der Waals surface area contributed by atoms with E-state index in [0.29, 0.717) is 24.7 Å². The largest absolute Gasteiger partial charge is 0.376 e. The Morgan fingerprint density at radius 3 is 2.52 bits per heavy atom. The van der Waals surface area contributed by atoms with Crippen LogP contribution in [0.5, 0.6) is 0 Å². The first-order chi connectivity index (χ1) is 10.3. The first-order valence-electron chi connectivity index (χ1n) is 6.64. The first-order valence-corrected chi connectivity index (χ1v) is 7.44. The summed E-state index contributed by atoms with van der Waals surface area (Å²) in [6, 6.07) is 18.0. The van der Waals surface area contributed by atoms with Crippen molar-refractivity contribution in [2.75, 3.05) is 5.32 Å². The van der Waals surface area contributed by atoms with Crippen molar-refractivity contribution in [3.63, 3.8) is 0 Å². The molecule has 0 fully saturated rings. The topological polar surface area (TPSA) is 51.0 Å². The predicted octanol–water partition coefficient (Wildman–Crippen LogP) is 4.04. The van der Waals surface area contributed by atoms with E-state index in [1.54, 1.807) is 0 Å². The number of hydrogen-bond acceptors (Lipinski definition) is 4. The lowest BCUT2D eigenvalue weighted by Gasteiger charge is -2.01. The summed E-state index contributed by atoms with van der Waals surface area (Å²) in [4.78, 5) is 4.39. The van der Waals surface area contributed by atoms with Gasteiger partial charge in [0.25, 0.3) is 0 Å². The second-order valence-corrected chi connectivity index (χ2v) is 5.54. The van der Waals surface area contributed by atoms with E-state index >= 15 is 0 Å². The second kappa shape index (κ2) is 6.54. The number of aromatic nitrogens is 2. The van der Waals surface area contributed by atoms with Crippen molar-refractivity contribution in [3.05, 3.63) is 76.3 Å². The molecule has 5 heteroatoms. The summed E-state index contributed by atoms with van der Waals surface area (Å²) in [6.07, 6.45) is 0.669. The van der Waals surface area contributed by atoms with Gasteiger partial charge in [0.2, 0.25) is 5.89 Å². The van der Waals surface area contributed by atoms with Gasteiger partial charge in [-0.3, -0.25) is 0 Å². The number of anilines is 1. The normalized spacial score (nSPS) is 10.5. The van der Waals surface area contributed by atoms with Crippen molar-refractivity contribution in [3.8, 4) is 0 Å². The summed E-state index contributed by atoms with van der Waals surface area (Å²) in [5.41, 5.74) is 2.19. The fourth-order valence-corrected chi connectivity index (χ4v) is 2.22. The molecule has 0 saturated heterocycles. The Morgan fingerprint density at radius 1 is 1.00 bits per heavy atom. The van der Waals surface area contributed by atoms with E-state index in [0.717, 1.165) is 15.7 Å². The van der Waals surface area contributed by atoms with Crippen LogP contribution in [0.25, 0.3) is 0 Å². The number of rotatable bonds is 5. The molecule has 1 aromatic heterocycles. The van der Waals surface area contributed by atoms with Crippen LogP contribution in [0.3, 0.4) is 0 Å². The van der Waals surface area contributed by atoms with Crippen molar-refractivity contribution in [2.45, 2.75) is 13.0 Å². The maximum atomic E-state index is 5.25. The monoisotopic (exact) mass is 343 g/mol. The maximum absolute atomic E-state index is 5.25. The molecule has 0 aliphatic heterocycles. The van der Waals surface area contributed by atoms with Crippen molar-refractivity contribution in [1.29, 1.82) is 0 Å². The van der Waals surface area contributed by atoms with Gasteiger partial charge in [0, 0.05) is 16.6 Å². The summed E-state index contributed by atoms with van der Waals surface area (Å²) in [5, 5.41) is 7.25. The highest BCUT2D eigenvalue weighted by atomic mass is 79.9. The zero-order chi connectivity index (χ0) is 14.5. The fourth-order valence-electron chi connectivity index (χ4n) is 1.95. The maximum Gasteiger partial charge on any atom is 0.245 e. The Morgan fingerprint density at radius 2 is 1.76 bits per heavy atom. The molecule has 0 aliphatic rings. The first kappa shape index (κ1) is 13.8. The van der Waals surface area contributed by atoms with Gasteiger partial charge in [0.1, 0.15) is 0 Å². The Hall–Kier alpha value is -2.14. The lowest BCUT2D eigenvalue weighted by atomic mass is 10.1. The van der Waals surface area contributed by atoms with Crippen LogP contribution < -0.4 is 5.32 Å². The number of benzene rings is 2. The highest BCUT2D eigenvalue weighted by Crippen LogP contribution is 2.13. The molecule has 0 radical (unpaired) electrons. The SMILES string of the molecule is Brc1ccc(Cc2noc(CNc3ccccc3)n2)cc1. The molecule has 0 unspecified atom stereocenters. The van der Waals surface area contributed by atoms with Gasteiger partial charge in [0.15, 0.2) is 5.82 Å². The van der Waals surface area contributed by atoms with Crippen LogP contribution in [0.1, 0.15) is 17.3 Å². The highest BCUT2D eigenvalue weighted by Gasteiger charge is 2.07. The lowest BCUT2D eigenvalue weighted by Crippen LogP contribution is -1.99. The molecule has 4 nitrogen and oxygen atoms in total. The number of para-hydroxylation sites is 1. The van der Waals surface area contributed by atoms with Gasteiger partial charge in [-0.05, 0) is 29.8 Å². The summed E-state index contributed by atoms with van der Waals surface area (Å²) in [5.74, 6) is 1.29. The summed E-state index contributed by atoms with van der Waals surface area (Å²) < 4.78 is 6.31. The van der Waals surface area contributed by atoms with Crippen LogP contribution in [0.4, 0.5) is 5.69 Å². The van der Waals surface area contributed by atoms with Crippen LogP contribution in [-0.2, 0) is 13.0 Å². The van der Waals surface area contributed by atoms with E-state index in [2.05, 4.69) is 31.4 Å². The molecule has 0 bridgehead atoms. The zero-order valence-electron chi connectivity index (χ0n) is 11.3. The number of nitrogens with one attached hydrogen (secondary N) is 1. The number of hydrogen-bond donors (Lipinski definition) is 1. The van der Waals surface area contributed by atoms with E-state index in [1.807, 2.05) is 54.6 Å². The minimum Gasteiger partial charge on any atom is -0.376 e. The molecule has 0 spiro atoms. The van der Waals surface area contributed by atoms with E-state index in [9.17, 15) is 0 Å². The molecule has 3 rings (SSSR count). The fraction of sp³-hybridized carbons (Fsp3) is 0.125. The molecule has 0 saturated carbocycles. The summed E-state index contributed by atoms with van der Waals surface area (Å²) >= 11 is 3.42. The van der Waals surface area contributed by atoms with Crippen molar-refractivity contribution < 1.29 is 4.52 Å². The minimum atomic E-state index is 0.525.